The Kier molecular flexibility index (Phi) is 5.04. The Bertz CT molecular complexity index is 981. The standard InChI is InChI=1S/C20H18BrN3O4/c1-26-16-8-15(9-17(10-16)27-2)24-11-13(7-18(24)25)20-22-19(23-28-20)12-3-5-14(21)6-4-12/h3-6,8-10,13H,7,11H2,1-2H3. The molecule has 0 N–H and O–H groups in total. The third-order valence-corrected chi connectivity index (χ3v) is 5.19. The van der Waals surface area contributed by atoms with E-state index in [0.29, 0.717) is 36.2 Å². The quantitative estimate of drug-likeness (QED) is 0.591. The second-order valence-corrected chi connectivity index (χ2v) is 7.36. The van der Waals surface area contributed by atoms with E-state index in [1.165, 1.54) is 0 Å². The molecule has 0 bridgehead atoms. The lowest BCUT2D eigenvalue weighted by Gasteiger charge is -2.18. The summed E-state index contributed by atoms with van der Waals surface area (Å²) in [4.78, 5) is 18.8. The highest BCUT2D eigenvalue weighted by Crippen LogP contribution is 2.35. The third kappa shape index (κ3) is 3.60. The SMILES string of the molecule is COc1cc(OC)cc(N2CC(c3nc(-c4ccc(Br)cc4)no3)CC2=O)c1. The zero-order valence-electron chi connectivity index (χ0n) is 15.4. The van der Waals surface area contributed by atoms with Gasteiger partial charge in [0.25, 0.3) is 0 Å². The van der Waals surface area contributed by atoms with Crippen LogP contribution in [0, 0.1) is 0 Å². The number of methoxy groups -OCH3 is 2. The van der Waals surface area contributed by atoms with Crippen LogP contribution in [0.5, 0.6) is 11.5 Å². The molecule has 144 valence electrons. The number of benzene rings is 2. The number of nitrogens with zero attached hydrogens (tertiary/aromatic N) is 3. The Hall–Kier alpha value is -2.87. The fourth-order valence-corrected chi connectivity index (χ4v) is 3.45. The molecule has 1 aliphatic rings. The number of aromatic nitrogens is 2. The van der Waals surface area contributed by atoms with Gasteiger partial charge in [0, 0.05) is 41.2 Å². The Morgan fingerprint density at radius 1 is 1.11 bits per heavy atom. The number of amides is 1. The Labute approximate surface area is 170 Å². The van der Waals surface area contributed by atoms with Gasteiger partial charge in [0.1, 0.15) is 11.5 Å². The maximum atomic E-state index is 12.6. The van der Waals surface area contributed by atoms with Crippen LogP contribution in [0.2, 0.25) is 0 Å². The van der Waals surface area contributed by atoms with Crippen LogP contribution in [0.1, 0.15) is 18.2 Å². The average Bonchev–Trinajstić information content (AvgIpc) is 3.35. The molecule has 1 amide bonds. The van der Waals surface area contributed by atoms with Crippen LogP contribution < -0.4 is 14.4 Å². The van der Waals surface area contributed by atoms with Gasteiger partial charge in [-0.1, -0.05) is 21.1 Å². The number of hydrogen-bond acceptors (Lipinski definition) is 6. The highest BCUT2D eigenvalue weighted by atomic mass is 79.9. The van der Waals surface area contributed by atoms with E-state index in [9.17, 15) is 4.79 Å². The molecule has 2 heterocycles. The van der Waals surface area contributed by atoms with E-state index in [1.807, 2.05) is 36.4 Å². The van der Waals surface area contributed by atoms with Gasteiger partial charge in [0.2, 0.25) is 17.6 Å². The number of hydrogen-bond donors (Lipinski definition) is 0. The molecule has 0 spiro atoms. The first kappa shape index (κ1) is 18.5. The molecule has 1 aromatic heterocycles. The molecule has 0 radical (unpaired) electrons. The van der Waals surface area contributed by atoms with Crippen molar-refractivity contribution in [2.45, 2.75) is 12.3 Å². The van der Waals surface area contributed by atoms with Crippen LogP contribution in [0.25, 0.3) is 11.4 Å². The van der Waals surface area contributed by atoms with Crippen molar-refractivity contribution in [3.63, 3.8) is 0 Å². The summed E-state index contributed by atoms with van der Waals surface area (Å²) < 4.78 is 17.0. The summed E-state index contributed by atoms with van der Waals surface area (Å²) in [7, 11) is 3.16. The summed E-state index contributed by atoms with van der Waals surface area (Å²) in [5.74, 6) is 2.05. The van der Waals surface area contributed by atoms with Crippen LogP contribution in [0.4, 0.5) is 5.69 Å². The minimum atomic E-state index is -0.165. The number of rotatable bonds is 5. The Balaban J connectivity index is 1.56. The van der Waals surface area contributed by atoms with Crippen molar-refractivity contribution >= 4 is 27.5 Å². The lowest BCUT2D eigenvalue weighted by molar-refractivity contribution is -0.117. The van der Waals surface area contributed by atoms with E-state index in [4.69, 9.17) is 14.0 Å². The molecule has 28 heavy (non-hydrogen) atoms. The largest absolute Gasteiger partial charge is 0.497 e. The molecule has 2 aromatic carbocycles. The first-order valence-corrected chi connectivity index (χ1v) is 9.49. The molecule has 1 aliphatic heterocycles. The monoisotopic (exact) mass is 443 g/mol. The number of carbonyl (C=O) groups is 1. The number of ether oxygens (including phenoxy) is 2. The topological polar surface area (TPSA) is 77.7 Å². The maximum Gasteiger partial charge on any atom is 0.232 e. The summed E-state index contributed by atoms with van der Waals surface area (Å²) in [6, 6.07) is 13.0. The minimum absolute atomic E-state index is 0.0105. The van der Waals surface area contributed by atoms with Gasteiger partial charge in [0.15, 0.2) is 0 Å². The summed E-state index contributed by atoms with van der Waals surface area (Å²) in [6.07, 6.45) is 0.307. The normalized spacial score (nSPS) is 16.5. The first-order valence-electron chi connectivity index (χ1n) is 8.70. The second kappa shape index (κ2) is 7.63. The number of halogens is 1. The van der Waals surface area contributed by atoms with Crippen molar-refractivity contribution < 1.29 is 18.8 Å². The van der Waals surface area contributed by atoms with Crippen LogP contribution >= 0.6 is 15.9 Å². The molecule has 8 heteroatoms. The van der Waals surface area contributed by atoms with Gasteiger partial charge in [-0.25, -0.2) is 0 Å². The van der Waals surface area contributed by atoms with Gasteiger partial charge in [-0.3, -0.25) is 4.79 Å². The number of carbonyl (C=O) groups excluding carboxylic acids is 1. The Morgan fingerprint density at radius 2 is 1.79 bits per heavy atom. The zero-order chi connectivity index (χ0) is 19.7. The third-order valence-electron chi connectivity index (χ3n) is 4.67. The lowest BCUT2D eigenvalue weighted by Crippen LogP contribution is -2.24. The first-order chi connectivity index (χ1) is 13.6. The van der Waals surface area contributed by atoms with Gasteiger partial charge in [0.05, 0.1) is 25.8 Å². The molecular formula is C20H18BrN3O4. The predicted octanol–water partition coefficient (Wildman–Crippen LogP) is 4.04. The van der Waals surface area contributed by atoms with Crippen molar-refractivity contribution in [1.82, 2.24) is 10.1 Å². The van der Waals surface area contributed by atoms with Gasteiger partial charge < -0.3 is 18.9 Å². The number of anilines is 1. The zero-order valence-corrected chi connectivity index (χ0v) is 17.0. The lowest BCUT2D eigenvalue weighted by atomic mass is 10.1. The average molecular weight is 444 g/mol. The summed E-state index contributed by atoms with van der Waals surface area (Å²) in [6.45, 7) is 0.455. The molecule has 4 rings (SSSR count). The molecule has 1 atom stereocenters. The van der Waals surface area contributed by atoms with E-state index < -0.39 is 0 Å². The molecule has 7 nitrogen and oxygen atoms in total. The minimum Gasteiger partial charge on any atom is -0.497 e. The van der Waals surface area contributed by atoms with Crippen LogP contribution in [0.3, 0.4) is 0 Å². The fourth-order valence-electron chi connectivity index (χ4n) is 3.19. The van der Waals surface area contributed by atoms with Gasteiger partial charge in [-0.2, -0.15) is 4.98 Å². The van der Waals surface area contributed by atoms with E-state index in [1.54, 1.807) is 25.2 Å². The van der Waals surface area contributed by atoms with Gasteiger partial charge >= 0.3 is 0 Å². The molecule has 1 fully saturated rings. The Morgan fingerprint density at radius 3 is 2.43 bits per heavy atom. The van der Waals surface area contributed by atoms with Crippen molar-refractivity contribution in [3.8, 4) is 22.9 Å². The maximum absolute atomic E-state index is 12.6. The smallest absolute Gasteiger partial charge is 0.232 e. The van der Waals surface area contributed by atoms with E-state index >= 15 is 0 Å². The summed E-state index contributed by atoms with van der Waals surface area (Å²) >= 11 is 3.41. The van der Waals surface area contributed by atoms with Crippen molar-refractivity contribution in [1.29, 1.82) is 0 Å². The van der Waals surface area contributed by atoms with Crippen molar-refractivity contribution in [3.05, 3.63) is 52.8 Å². The van der Waals surface area contributed by atoms with Gasteiger partial charge in [-0.05, 0) is 24.3 Å². The van der Waals surface area contributed by atoms with E-state index in [-0.39, 0.29) is 11.8 Å². The highest BCUT2D eigenvalue weighted by molar-refractivity contribution is 9.10. The van der Waals surface area contributed by atoms with Gasteiger partial charge in [-0.15, -0.1) is 0 Å². The molecule has 3 aromatic rings. The van der Waals surface area contributed by atoms with Crippen LogP contribution in [-0.2, 0) is 4.79 Å². The summed E-state index contributed by atoms with van der Waals surface area (Å²) in [5.41, 5.74) is 1.58. The second-order valence-electron chi connectivity index (χ2n) is 6.44. The van der Waals surface area contributed by atoms with E-state index in [2.05, 4.69) is 26.1 Å². The van der Waals surface area contributed by atoms with Crippen molar-refractivity contribution in [2.75, 3.05) is 25.7 Å². The fraction of sp³-hybridized carbons (Fsp3) is 0.250. The van der Waals surface area contributed by atoms with Crippen LogP contribution in [-0.4, -0.2) is 36.8 Å². The van der Waals surface area contributed by atoms with Crippen LogP contribution in [0.15, 0.2) is 51.5 Å². The predicted molar refractivity (Wildman–Crippen MR) is 107 cm³/mol. The molecule has 1 saturated heterocycles. The highest BCUT2D eigenvalue weighted by Gasteiger charge is 2.35. The molecule has 1 unspecified atom stereocenters. The molecule has 0 saturated carbocycles. The molecular weight excluding hydrogens is 426 g/mol. The summed E-state index contributed by atoms with van der Waals surface area (Å²) in [5, 5.41) is 4.07. The van der Waals surface area contributed by atoms with E-state index in [0.717, 1.165) is 15.7 Å². The van der Waals surface area contributed by atoms with Crippen molar-refractivity contribution in [2.24, 2.45) is 0 Å². The molecule has 0 aliphatic carbocycles.